The van der Waals surface area contributed by atoms with E-state index < -0.39 is 35.3 Å². The monoisotopic (exact) mass is 487 g/mol. The maximum Gasteiger partial charge on any atom is 0.408 e. The summed E-state index contributed by atoms with van der Waals surface area (Å²) in [4.78, 5) is 28.0. The molecule has 0 aliphatic carbocycles. The standard InChI is InChI=1S/C26H31F2N3O4/c1-26(2,3)23(30-25(33)34-15-16-7-5-4-6-8-16)24(32)31-12-11-20-22(31)21(14-29-20)35-17-9-10-18(27)19(28)13-17/h4-10,13,20-23,29H,11-12,14-15H2,1-3H3,(H,30,33)/t20-,21+,22?,23-/m1/s1. The van der Waals surface area contributed by atoms with Crippen molar-refractivity contribution >= 4 is 12.0 Å². The number of nitrogens with zero attached hydrogens (tertiary/aromatic N) is 1. The molecular formula is C26H31F2N3O4. The lowest BCUT2D eigenvalue weighted by molar-refractivity contribution is -0.138. The van der Waals surface area contributed by atoms with Gasteiger partial charge in [-0.3, -0.25) is 4.79 Å². The average Bonchev–Trinajstić information content (AvgIpc) is 3.41. The van der Waals surface area contributed by atoms with Crippen LogP contribution in [-0.2, 0) is 16.1 Å². The summed E-state index contributed by atoms with van der Waals surface area (Å²) in [6.07, 6.45) is -0.387. The fourth-order valence-corrected chi connectivity index (χ4v) is 4.68. The maximum absolute atomic E-state index is 13.7. The average molecular weight is 488 g/mol. The molecule has 1 unspecified atom stereocenters. The number of carbonyl (C=O) groups excluding carboxylic acids is 2. The van der Waals surface area contributed by atoms with Crippen molar-refractivity contribution in [1.29, 1.82) is 0 Å². The van der Waals surface area contributed by atoms with Gasteiger partial charge < -0.3 is 25.0 Å². The van der Waals surface area contributed by atoms with Gasteiger partial charge in [0.15, 0.2) is 11.6 Å². The summed E-state index contributed by atoms with van der Waals surface area (Å²) < 4.78 is 38.3. The van der Waals surface area contributed by atoms with Gasteiger partial charge in [0.05, 0.1) is 6.04 Å². The van der Waals surface area contributed by atoms with E-state index in [0.717, 1.165) is 24.1 Å². The Bertz CT molecular complexity index is 1060. The van der Waals surface area contributed by atoms with Crippen molar-refractivity contribution in [3.63, 3.8) is 0 Å². The summed E-state index contributed by atoms with van der Waals surface area (Å²) >= 11 is 0. The van der Waals surface area contributed by atoms with E-state index in [0.29, 0.717) is 13.1 Å². The number of benzene rings is 2. The van der Waals surface area contributed by atoms with Gasteiger partial charge >= 0.3 is 6.09 Å². The highest BCUT2D eigenvalue weighted by Crippen LogP contribution is 2.32. The maximum atomic E-state index is 13.7. The molecule has 2 N–H and O–H groups in total. The largest absolute Gasteiger partial charge is 0.487 e. The number of hydrogen-bond donors (Lipinski definition) is 2. The topological polar surface area (TPSA) is 79.9 Å². The van der Waals surface area contributed by atoms with Gasteiger partial charge in [-0.15, -0.1) is 0 Å². The molecule has 2 aromatic carbocycles. The molecule has 2 aromatic rings. The summed E-state index contributed by atoms with van der Waals surface area (Å²) in [5, 5.41) is 6.12. The number of amides is 2. The molecule has 9 heteroatoms. The van der Waals surface area contributed by atoms with Crippen LogP contribution in [0.4, 0.5) is 13.6 Å². The Morgan fingerprint density at radius 2 is 1.89 bits per heavy atom. The van der Waals surface area contributed by atoms with E-state index in [2.05, 4.69) is 10.6 Å². The van der Waals surface area contributed by atoms with E-state index in [9.17, 15) is 18.4 Å². The number of nitrogens with one attached hydrogen (secondary N) is 2. The van der Waals surface area contributed by atoms with Crippen molar-refractivity contribution in [2.75, 3.05) is 13.1 Å². The molecular weight excluding hydrogens is 456 g/mol. The highest BCUT2D eigenvalue weighted by Gasteiger charge is 2.50. The SMILES string of the molecule is CC(C)(C)[C@H](NC(=O)OCc1ccccc1)C(=O)N1CC[C@H]2NC[C@H](Oc3ccc(F)c(F)c3)C21. The molecule has 2 fully saturated rings. The molecule has 2 heterocycles. The molecule has 188 valence electrons. The van der Waals surface area contributed by atoms with Gasteiger partial charge in [-0.1, -0.05) is 51.1 Å². The molecule has 0 bridgehead atoms. The van der Waals surface area contributed by atoms with Crippen LogP contribution in [0.25, 0.3) is 0 Å². The summed E-state index contributed by atoms with van der Waals surface area (Å²) in [5.41, 5.74) is 0.265. The predicted molar refractivity (Wildman–Crippen MR) is 126 cm³/mol. The molecule has 2 aliphatic rings. The third-order valence-electron chi connectivity index (χ3n) is 6.46. The van der Waals surface area contributed by atoms with Crippen LogP contribution in [0.2, 0.25) is 0 Å². The summed E-state index contributed by atoms with van der Waals surface area (Å²) in [6.45, 7) is 6.69. The lowest BCUT2D eigenvalue weighted by Gasteiger charge is -2.36. The van der Waals surface area contributed by atoms with Crippen LogP contribution >= 0.6 is 0 Å². The minimum absolute atomic E-state index is 0.0138. The van der Waals surface area contributed by atoms with E-state index >= 15 is 0 Å². The molecule has 0 spiro atoms. The second kappa shape index (κ2) is 10.2. The van der Waals surface area contributed by atoms with Gasteiger partial charge in [0, 0.05) is 25.2 Å². The Morgan fingerprint density at radius 3 is 2.57 bits per heavy atom. The Labute approximate surface area is 203 Å². The Morgan fingerprint density at radius 1 is 1.14 bits per heavy atom. The van der Waals surface area contributed by atoms with Crippen molar-refractivity contribution in [2.24, 2.45) is 5.41 Å². The molecule has 35 heavy (non-hydrogen) atoms. The lowest BCUT2D eigenvalue weighted by Crippen LogP contribution is -2.58. The third kappa shape index (κ3) is 5.73. The highest BCUT2D eigenvalue weighted by atomic mass is 19.2. The van der Waals surface area contributed by atoms with Crippen LogP contribution in [0.3, 0.4) is 0 Å². The molecule has 7 nitrogen and oxygen atoms in total. The van der Waals surface area contributed by atoms with E-state index in [1.54, 1.807) is 4.90 Å². The molecule has 2 saturated heterocycles. The second-order valence-corrected chi connectivity index (χ2v) is 10.1. The van der Waals surface area contributed by atoms with Gasteiger partial charge in [0.2, 0.25) is 5.91 Å². The normalized spacial score (nSPS) is 22.4. The number of ether oxygens (including phenoxy) is 2. The number of carbonyl (C=O) groups is 2. The third-order valence-corrected chi connectivity index (χ3v) is 6.46. The van der Waals surface area contributed by atoms with E-state index in [-0.39, 0.29) is 30.3 Å². The van der Waals surface area contributed by atoms with Gasteiger partial charge in [0.1, 0.15) is 24.5 Å². The van der Waals surface area contributed by atoms with Gasteiger partial charge in [-0.05, 0) is 29.5 Å². The molecule has 2 amide bonds. The van der Waals surface area contributed by atoms with Crippen LogP contribution in [-0.4, -0.2) is 54.2 Å². The molecule has 4 atom stereocenters. The molecule has 4 rings (SSSR count). The van der Waals surface area contributed by atoms with Crippen molar-refractivity contribution in [3.05, 3.63) is 65.7 Å². The van der Waals surface area contributed by atoms with Crippen LogP contribution < -0.4 is 15.4 Å². The summed E-state index contributed by atoms with van der Waals surface area (Å²) in [7, 11) is 0. The second-order valence-electron chi connectivity index (χ2n) is 10.1. The number of hydrogen-bond acceptors (Lipinski definition) is 5. The Hall–Kier alpha value is -3.20. The van der Waals surface area contributed by atoms with Crippen molar-refractivity contribution in [3.8, 4) is 5.75 Å². The first-order valence-electron chi connectivity index (χ1n) is 11.8. The molecule has 0 saturated carbocycles. The predicted octanol–water partition coefficient (Wildman–Crippen LogP) is 3.63. The van der Waals surface area contributed by atoms with E-state index in [1.807, 2.05) is 51.1 Å². The Balaban J connectivity index is 1.45. The van der Waals surface area contributed by atoms with Gasteiger partial charge in [0.25, 0.3) is 0 Å². The van der Waals surface area contributed by atoms with Crippen LogP contribution in [0, 0.1) is 17.0 Å². The van der Waals surface area contributed by atoms with E-state index in [4.69, 9.17) is 9.47 Å². The van der Waals surface area contributed by atoms with Crippen molar-refractivity contribution < 1.29 is 27.8 Å². The zero-order valence-corrected chi connectivity index (χ0v) is 20.1. The number of halogens is 2. The quantitative estimate of drug-likeness (QED) is 0.651. The minimum atomic E-state index is -0.990. The fourth-order valence-electron chi connectivity index (χ4n) is 4.68. The molecule has 2 aliphatic heterocycles. The smallest absolute Gasteiger partial charge is 0.408 e. The zero-order chi connectivity index (χ0) is 25.2. The van der Waals surface area contributed by atoms with Gasteiger partial charge in [-0.25, -0.2) is 13.6 Å². The first kappa shape index (κ1) is 24.9. The number of rotatable bonds is 6. The number of fused-ring (bicyclic) bond motifs is 1. The summed E-state index contributed by atoms with van der Waals surface area (Å²) in [6, 6.07) is 11.6. The van der Waals surface area contributed by atoms with Gasteiger partial charge in [-0.2, -0.15) is 0 Å². The van der Waals surface area contributed by atoms with E-state index in [1.165, 1.54) is 6.07 Å². The first-order valence-corrected chi connectivity index (χ1v) is 11.8. The fraction of sp³-hybridized carbons (Fsp3) is 0.462. The lowest BCUT2D eigenvalue weighted by atomic mass is 9.85. The van der Waals surface area contributed by atoms with Crippen LogP contribution in [0.5, 0.6) is 5.75 Å². The molecule has 0 aromatic heterocycles. The number of alkyl carbamates (subject to hydrolysis) is 1. The van der Waals surface area contributed by atoms with Crippen LogP contribution in [0.15, 0.2) is 48.5 Å². The number of likely N-dealkylation sites (tertiary alicyclic amines) is 1. The molecule has 0 radical (unpaired) electrons. The van der Waals surface area contributed by atoms with Crippen LogP contribution in [0.1, 0.15) is 32.8 Å². The van der Waals surface area contributed by atoms with Crippen molar-refractivity contribution in [1.82, 2.24) is 15.5 Å². The minimum Gasteiger partial charge on any atom is -0.487 e. The zero-order valence-electron chi connectivity index (χ0n) is 20.1. The van der Waals surface area contributed by atoms with Crippen molar-refractivity contribution in [2.45, 2.75) is 58.0 Å². The first-order chi connectivity index (χ1) is 16.6. The summed E-state index contributed by atoms with van der Waals surface area (Å²) in [5.74, 6) is -1.97. The Kier molecular flexibility index (Phi) is 7.25. The highest BCUT2D eigenvalue weighted by molar-refractivity contribution is 5.87.